The van der Waals surface area contributed by atoms with Crippen molar-refractivity contribution >= 4 is 5.91 Å². The molecule has 3 heterocycles. The summed E-state index contributed by atoms with van der Waals surface area (Å²) in [6, 6.07) is 1.03. The van der Waals surface area contributed by atoms with Crippen molar-refractivity contribution < 1.29 is 9.32 Å². The second kappa shape index (κ2) is 4.10. The molecule has 0 spiro atoms. The standard InChI is InChI=1S/C11H16N4O2/c1-2-12-10(16)9-14-11(17-15-9)7-5-6-3-4-8(7)13-6/h6-8,13H,2-5H2,1H3,(H,12,16). The van der Waals surface area contributed by atoms with Crippen molar-refractivity contribution in [2.75, 3.05) is 6.54 Å². The van der Waals surface area contributed by atoms with Gasteiger partial charge in [-0.05, 0) is 26.2 Å². The van der Waals surface area contributed by atoms with Crippen molar-refractivity contribution in [3.05, 3.63) is 11.7 Å². The Labute approximate surface area is 99.2 Å². The van der Waals surface area contributed by atoms with E-state index >= 15 is 0 Å². The lowest BCUT2D eigenvalue weighted by molar-refractivity contribution is 0.0942. The normalized spacial score (nSPS) is 30.8. The van der Waals surface area contributed by atoms with E-state index in [1.54, 1.807) is 0 Å². The summed E-state index contributed by atoms with van der Waals surface area (Å²) in [7, 11) is 0. The molecular formula is C11H16N4O2. The third-order valence-corrected chi connectivity index (χ3v) is 3.60. The van der Waals surface area contributed by atoms with Crippen LogP contribution in [0, 0.1) is 0 Å². The Kier molecular flexibility index (Phi) is 2.58. The highest BCUT2D eigenvalue weighted by atomic mass is 16.5. The molecule has 0 aromatic carbocycles. The highest BCUT2D eigenvalue weighted by molar-refractivity contribution is 5.90. The Morgan fingerprint density at radius 3 is 3.12 bits per heavy atom. The maximum atomic E-state index is 11.5. The van der Waals surface area contributed by atoms with Gasteiger partial charge in [0.2, 0.25) is 5.89 Å². The van der Waals surface area contributed by atoms with E-state index in [1.165, 1.54) is 6.42 Å². The molecule has 0 saturated carbocycles. The van der Waals surface area contributed by atoms with E-state index in [2.05, 4.69) is 20.8 Å². The number of hydrogen-bond acceptors (Lipinski definition) is 5. The average molecular weight is 236 g/mol. The van der Waals surface area contributed by atoms with Crippen LogP contribution in [0.25, 0.3) is 0 Å². The van der Waals surface area contributed by atoms with Gasteiger partial charge in [0.1, 0.15) is 0 Å². The molecule has 2 fully saturated rings. The smallest absolute Gasteiger partial charge is 0.292 e. The lowest BCUT2D eigenvalue weighted by Crippen LogP contribution is -2.24. The summed E-state index contributed by atoms with van der Waals surface area (Å²) in [5.41, 5.74) is 0. The predicted molar refractivity (Wildman–Crippen MR) is 59.6 cm³/mol. The minimum Gasteiger partial charge on any atom is -0.349 e. The summed E-state index contributed by atoms with van der Waals surface area (Å²) in [5.74, 6) is 0.763. The van der Waals surface area contributed by atoms with E-state index in [-0.39, 0.29) is 17.6 Å². The fourth-order valence-corrected chi connectivity index (χ4v) is 2.81. The van der Waals surface area contributed by atoms with Gasteiger partial charge in [-0.3, -0.25) is 4.79 Å². The molecule has 1 amide bonds. The molecule has 0 radical (unpaired) electrons. The first-order chi connectivity index (χ1) is 8.28. The summed E-state index contributed by atoms with van der Waals surface area (Å²) >= 11 is 0. The topological polar surface area (TPSA) is 80.0 Å². The molecule has 2 aliphatic rings. The van der Waals surface area contributed by atoms with E-state index < -0.39 is 0 Å². The van der Waals surface area contributed by atoms with Crippen LogP contribution in [0.15, 0.2) is 4.52 Å². The summed E-state index contributed by atoms with van der Waals surface area (Å²) in [6.07, 6.45) is 3.44. The Morgan fingerprint density at radius 2 is 2.47 bits per heavy atom. The maximum Gasteiger partial charge on any atom is 0.292 e. The molecule has 2 N–H and O–H groups in total. The Bertz CT molecular complexity index is 431. The highest BCUT2D eigenvalue weighted by Crippen LogP contribution is 2.39. The zero-order chi connectivity index (χ0) is 11.8. The second-order valence-corrected chi connectivity index (χ2v) is 4.71. The van der Waals surface area contributed by atoms with Crippen molar-refractivity contribution in [2.24, 2.45) is 0 Å². The van der Waals surface area contributed by atoms with Crippen LogP contribution in [0.3, 0.4) is 0 Å². The van der Waals surface area contributed by atoms with Gasteiger partial charge >= 0.3 is 0 Å². The quantitative estimate of drug-likeness (QED) is 0.795. The fraction of sp³-hybridized carbons (Fsp3) is 0.727. The number of amides is 1. The minimum absolute atomic E-state index is 0.143. The lowest BCUT2D eigenvalue weighted by atomic mass is 9.89. The fourth-order valence-electron chi connectivity index (χ4n) is 2.81. The molecule has 6 heteroatoms. The zero-order valence-electron chi connectivity index (χ0n) is 9.77. The van der Waals surface area contributed by atoms with Gasteiger partial charge in [0, 0.05) is 18.6 Å². The number of aromatic nitrogens is 2. The van der Waals surface area contributed by atoms with E-state index in [0.717, 1.165) is 12.8 Å². The Morgan fingerprint density at radius 1 is 1.59 bits per heavy atom. The Balaban J connectivity index is 1.74. The lowest BCUT2D eigenvalue weighted by Gasteiger charge is -2.15. The average Bonchev–Trinajstić information content (AvgIpc) is 3.05. The van der Waals surface area contributed by atoms with E-state index in [0.29, 0.717) is 24.5 Å². The van der Waals surface area contributed by atoms with Crippen LogP contribution in [-0.4, -0.2) is 34.7 Å². The third-order valence-electron chi connectivity index (χ3n) is 3.60. The van der Waals surface area contributed by atoms with Crippen molar-refractivity contribution in [2.45, 2.75) is 44.2 Å². The SMILES string of the molecule is CCNC(=O)c1noc(C2CC3CCC2N3)n1. The van der Waals surface area contributed by atoms with Crippen molar-refractivity contribution in [1.82, 2.24) is 20.8 Å². The Hall–Kier alpha value is -1.43. The first kappa shape index (κ1) is 10.7. The summed E-state index contributed by atoms with van der Waals surface area (Å²) < 4.78 is 5.21. The van der Waals surface area contributed by atoms with Crippen molar-refractivity contribution in [1.29, 1.82) is 0 Å². The number of carbonyl (C=O) groups excluding carboxylic acids is 1. The number of nitrogens with zero attached hydrogens (tertiary/aromatic N) is 2. The van der Waals surface area contributed by atoms with Crippen LogP contribution < -0.4 is 10.6 Å². The number of carbonyl (C=O) groups is 1. The van der Waals surface area contributed by atoms with Crippen molar-refractivity contribution in [3.63, 3.8) is 0 Å². The van der Waals surface area contributed by atoms with Gasteiger partial charge in [0.05, 0.1) is 5.92 Å². The van der Waals surface area contributed by atoms with Crippen LogP contribution >= 0.6 is 0 Å². The minimum atomic E-state index is -0.265. The van der Waals surface area contributed by atoms with Crippen molar-refractivity contribution in [3.8, 4) is 0 Å². The number of nitrogens with one attached hydrogen (secondary N) is 2. The zero-order valence-corrected chi connectivity index (χ0v) is 9.77. The molecule has 17 heavy (non-hydrogen) atoms. The van der Waals surface area contributed by atoms with Crippen LogP contribution in [0.1, 0.15) is 48.6 Å². The molecule has 2 saturated heterocycles. The second-order valence-electron chi connectivity index (χ2n) is 4.71. The molecule has 1 aromatic rings. The molecule has 3 rings (SSSR count). The summed E-state index contributed by atoms with van der Waals surface area (Å²) in [4.78, 5) is 15.7. The molecule has 2 aliphatic heterocycles. The summed E-state index contributed by atoms with van der Waals surface area (Å²) in [6.45, 7) is 2.43. The van der Waals surface area contributed by atoms with Gasteiger partial charge in [-0.15, -0.1) is 0 Å². The molecule has 92 valence electrons. The largest absolute Gasteiger partial charge is 0.349 e. The third kappa shape index (κ3) is 1.82. The predicted octanol–water partition coefficient (Wildman–Crippen LogP) is 0.427. The molecule has 3 atom stereocenters. The van der Waals surface area contributed by atoms with Gasteiger partial charge in [0.15, 0.2) is 0 Å². The van der Waals surface area contributed by atoms with Gasteiger partial charge in [-0.2, -0.15) is 4.98 Å². The molecule has 0 aliphatic carbocycles. The van der Waals surface area contributed by atoms with E-state index in [9.17, 15) is 4.79 Å². The maximum absolute atomic E-state index is 11.5. The number of fused-ring (bicyclic) bond motifs is 2. The highest BCUT2D eigenvalue weighted by Gasteiger charge is 2.42. The monoisotopic (exact) mass is 236 g/mol. The van der Waals surface area contributed by atoms with Crippen LogP contribution in [0.4, 0.5) is 0 Å². The van der Waals surface area contributed by atoms with E-state index in [4.69, 9.17) is 4.52 Å². The molecule has 1 aromatic heterocycles. The number of hydrogen-bond donors (Lipinski definition) is 2. The molecular weight excluding hydrogens is 220 g/mol. The first-order valence-electron chi connectivity index (χ1n) is 6.15. The van der Waals surface area contributed by atoms with E-state index in [1.807, 2.05) is 6.92 Å². The van der Waals surface area contributed by atoms with Crippen LogP contribution in [0.5, 0.6) is 0 Å². The van der Waals surface area contributed by atoms with Crippen LogP contribution in [-0.2, 0) is 0 Å². The molecule has 3 unspecified atom stereocenters. The van der Waals surface area contributed by atoms with Gasteiger partial charge in [-0.25, -0.2) is 0 Å². The number of rotatable bonds is 3. The van der Waals surface area contributed by atoms with Gasteiger partial charge < -0.3 is 15.2 Å². The molecule has 6 nitrogen and oxygen atoms in total. The van der Waals surface area contributed by atoms with Gasteiger partial charge in [0.25, 0.3) is 11.7 Å². The van der Waals surface area contributed by atoms with Crippen LogP contribution in [0.2, 0.25) is 0 Å². The first-order valence-corrected chi connectivity index (χ1v) is 6.15. The summed E-state index contributed by atoms with van der Waals surface area (Å²) in [5, 5.41) is 9.91. The molecule has 2 bridgehead atoms. The van der Waals surface area contributed by atoms with Gasteiger partial charge in [-0.1, -0.05) is 5.16 Å².